The van der Waals surface area contributed by atoms with Crippen LogP contribution in [0.4, 0.5) is 5.69 Å². The minimum Gasteiger partial charge on any atom is -0.497 e. The highest BCUT2D eigenvalue weighted by Crippen LogP contribution is 2.30. The number of hydrogen-bond donors (Lipinski definition) is 1. The Morgan fingerprint density at radius 1 is 0.897 bits per heavy atom. The van der Waals surface area contributed by atoms with Gasteiger partial charge in [-0.2, -0.15) is 0 Å². The molecule has 0 fully saturated rings. The summed E-state index contributed by atoms with van der Waals surface area (Å²) < 4.78 is 11.1. The van der Waals surface area contributed by atoms with Crippen LogP contribution in [0.5, 0.6) is 17.2 Å². The maximum atomic E-state index is 12.1. The molecule has 146 valence electrons. The first-order valence-electron chi connectivity index (χ1n) is 9.06. The second kappa shape index (κ2) is 9.37. The predicted octanol–water partition coefficient (Wildman–Crippen LogP) is 5.34. The second-order valence-corrected chi connectivity index (χ2v) is 6.28. The Hall–Kier alpha value is -3.86. The zero-order valence-corrected chi connectivity index (χ0v) is 16.2. The molecule has 0 aliphatic carbocycles. The minimum absolute atomic E-state index is 0.100. The van der Waals surface area contributed by atoms with Gasteiger partial charge >= 0.3 is 0 Å². The third-order valence-electron chi connectivity index (χ3n) is 4.14. The number of Topliss-reactive ketones (excluding diaryl/α,β-unsaturated/α-hetero) is 1. The fraction of sp³-hybridized carbons (Fsp3) is 0.0833. The van der Waals surface area contributed by atoms with Gasteiger partial charge in [0.05, 0.1) is 12.7 Å². The number of nitrogens with one attached hydrogen (secondary N) is 1. The van der Waals surface area contributed by atoms with E-state index in [9.17, 15) is 9.59 Å². The summed E-state index contributed by atoms with van der Waals surface area (Å²) in [5.41, 5.74) is 2.05. The number of ketones is 1. The van der Waals surface area contributed by atoms with Crippen LogP contribution >= 0.6 is 0 Å². The smallest absolute Gasteiger partial charge is 0.248 e. The van der Waals surface area contributed by atoms with E-state index in [2.05, 4.69) is 5.32 Å². The Morgan fingerprint density at radius 2 is 1.59 bits per heavy atom. The van der Waals surface area contributed by atoms with Crippen molar-refractivity contribution in [1.29, 1.82) is 0 Å². The van der Waals surface area contributed by atoms with Gasteiger partial charge in [-0.1, -0.05) is 30.3 Å². The predicted molar refractivity (Wildman–Crippen MR) is 114 cm³/mol. The third-order valence-corrected chi connectivity index (χ3v) is 4.14. The van der Waals surface area contributed by atoms with Crippen LogP contribution in [0, 0.1) is 0 Å². The summed E-state index contributed by atoms with van der Waals surface area (Å²) in [5, 5.41) is 2.80. The molecule has 3 aromatic rings. The van der Waals surface area contributed by atoms with E-state index in [1.807, 2.05) is 30.3 Å². The number of anilines is 1. The van der Waals surface area contributed by atoms with Gasteiger partial charge in [0, 0.05) is 17.8 Å². The molecule has 0 saturated heterocycles. The van der Waals surface area contributed by atoms with Gasteiger partial charge in [0.25, 0.3) is 0 Å². The standard InChI is InChI=1S/C24H21NO4/c1-17(26)22-14-13-21(28-2)16-23(22)29-20-11-9-19(10-12-20)25-24(27)15-8-18-6-4-3-5-7-18/h3-16H,1-2H3,(H,25,27)/b15-8+. The van der Waals surface area contributed by atoms with Crippen LogP contribution in [0.25, 0.3) is 6.08 Å². The van der Waals surface area contributed by atoms with E-state index < -0.39 is 0 Å². The average Bonchev–Trinajstić information content (AvgIpc) is 2.74. The van der Waals surface area contributed by atoms with Crippen molar-refractivity contribution < 1.29 is 19.1 Å². The summed E-state index contributed by atoms with van der Waals surface area (Å²) in [4.78, 5) is 23.9. The molecule has 0 radical (unpaired) electrons. The lowest BCUT2D eigenvalue weighted by molar-refractivity contribution is -0.111. The first-order chi connectivity index (χ1) is 14.0. The van der Waals surface area contributed by atoms with E-state index in [4.69, 9.17) is 9.47 Å². The molecule has 3 aromatic carbocycles. The van der Waals surface area contributed by atoms with Crippen molar-refractivity contribution in [3.05, 3.63) is 90.0 Å². The largest absolute Gasteiger partial charge is 0.497 e. The molecule has 0 heterocycles. The van der Waals surface area contributed by atoms with Crippen LogP contribution in [-0.4, -0.2) is 18.8 Å². The quantitative estimate of drug-likeness (QED) is 0.439. The molecule has 1 N–H and O–H groups in total. The molecule has 3 rings (SSSR count). The Kier molecular flexibility index (Phi) is 6.43. The maximum absolute atomic E-state index is 12.1. The number of benzene rings is 3. The number of carbonyl (C=O) groups is 2. The van der Waals surface area contributed by atoms with Gasteiger partial charge in [-0.25, -0.2) is 0 Å². The van der Waals surface area contributed by atoms with Crippen molar-refractivity contribution in [2.24, 2.45) is 0 Å². The zero-order valence-electron chi connectivity index (χ0n) is 16.2. The molecule has 0 unspecified atom stereocenters. The molecule has 0 aromatic heterocycles. The number of ether oxygens (including phenoxy) is 2. The van der Waals surface area contributed by atoms with Crippen LogP contribution in [0.1, 0.15) is 22.8 Å². The molecular weight excluding hydrogens is 366 g/mol. The molecule has 1 amide bonds. The fourth-order valence-corrected chi connectivity index (χ4v) is 2.66. The maximum Gasteiger partial charge on any atom is 0.248 e. The van der Waals surface area contributed by atoms with Gasteiger partial charge in [0.15, 0.2) is 5.78 Å². The van der Waals surface area contributed by atoms with Crippen molar-refractivity contribution in [1.82, 2.24) is 0 Å². The monoisotopic (exact) mass is 387 g/mol. The molecule has 5 nitrogen and oxygen atoms in total. The number of carbonyl (C=O) groups excluding carboxylic acids is 2. The molecule has 0 atom stereocenters. The van der Waals surface area contributed by atoms with E-state index in [1.54, 1.807) is 55.7 Å². The van der Waals surface area contributed by atoms with Crippen LogP contribution in [0.15, 0.2) is 78.9 Å². The fourth-order valence-electron chi connectivity index (χ4n) is 2.66. The Balaban J connectivity index is 1.67. The molecule has 5 heteroatoms. The summed E-state index contributed by atoms with van der Waals surface area (Å²) >= 11 is 0. The van der Waals surface area contributed by atoms with Gasteiger partial charge in [-0.05, 0) is 55.0 Å². The minimum atomic E-state index is -0.228. The molecule has 0 bridgehead atoms. The first kappa shape index (κ1) is 19.9. The SMILES string of the molecule is COc1ccc(C(C)=O)c(Oc2ccc(NC(=O)/C=C/c3ccccc3)cc2)c1. The highest BCUT2D eigenvalue weighted by atomic mass is 16.5. The topological polar surface area (TPSA) is 64.6 Å². The van der Waals surface area contributed by atoms with Crippen LogP contribution < -0.4 is 14.8 Å². The third kappa shape index (κ3) is 5.56. The van der Waals surface area contributed by atoms with Crippen molar-refractivity contribution in [2.75, 3.05) is 12.4 Å². The number of hydrogen-bond acceptors (Lipinski definition) is 4. The summed E-state index contributed by atoms with van der Waals surface area (Å²) in [5.74, 6) is 1.23. The summed E-state index contributed by atoms with van der Waals surface area (Å²) in [6.07, 6.45) is 3.23. The average molecular weight is 387 g/mol. The van der Waals surface area contributed by atoms with Gasteiger partial charge in [-0.3, -0.25) is 9.59 Å². The summed E-state index contributed by atoms with van der Waals surface area (Å²) in [6.45, 7) is 1.48. The highest BCUT2D eigenvalue weighted by molar-refractivity contribution is 6.02. The second-order valence-electron chi connectivity index (χ2n) is 6.28. The van der Waals surface area contributed by atoms with Crippen LogP contribution in [0.3, 0.4) is 0 Å². The first-order valence-corrected chi connectivity index (χ1v) is 9.06. The molecule has 0 spiro atoms. The van der Waals surface area contributed by atoms with Crippen molar-refractivity contribution in [2.45, 2.75) is 6.92 Å². The van der Waals surface area contributed by atoms with Crippen LogP contribution in [0.2, 0.25) is 0 Å². The lowest BCUT2D eigenvalue weighted by atomic mass is 10.1. The lowest BCUT2D eigenvalue weighted by Gasteiger charge is -2.11. The van der Waals surface area contributed by atoms with Gasteiger partial charge in [0.2, 0.25) is 5.91 Å². The highest BCUT2D eigenvalue weighted by Gasteiger charge is 2.11. The van der Waals surface area contributed by atoms with Crippen molar-refractivity contribution >= 4 is 23.5 Å². The van der Waals surface area contributed by atoms with E-state index in [-0.39, 0.29) is 11.7 Å². The van der Waals surface area contributed by atoms with Crippen molar-refractivity contribution in [3.8, 4) is 17.2 Å². The lowest BCUT2D eigenvalue weighted by Crippen LogP contribution is -2.07. The van der Waals surface area contributed by atoms with Crippen molar-refractivity contribution in [3.63, 3.8) is 0 Å². The van der Waals surface area contributed by atoms with Gasteiger partial charge in [-0.15, -0.1) is 0 Å². The Bertz CT molecular complexity index is 1020. The number of rotatable bonds is 7. The normalized spacial score (nSPS) is 10.6. The number of methoxy groups -OCH3 is 1. The number of amides is 1. The summed E-state index contributed by atoms with van der Waals surface area (Å²) in [7, 11) is 1.55. The molecule has 0 saturated carbocycles. The van der Waals surface area contributed by atoms with E-state index >= 15 is 0 Å². The Labute approximate surface area is 169 Å². The molecule has 29 heavy (non-hydrogen) atoms. The van der Waals surface area contributed by atoms with E-state index in [1.165, 1.54) is 13.0 Å². The van der Waals surface area contributed by atoms with E-state index in [0.717, 1.165) is 5.56 Å². The van der Waals surface area contributed by atoms with Gasteiger partial charge in [0.1, 0.15) is 17.2 Å². The zero-order chi connectivity index (χ0) is 20.6. The van der Waals surface area contributed by atoms with Gasteiger partial charge < -0.3 is 14.8 Å². The van der Waals surface area contributed by atoms with E-state index in [0.29, 0.717) is 28.5 Å². The molecular formula is C24H21NO4. The molecule has 0 aliphatic rings. The molecule has 0 aliphatic heterocycles. The van der Waals surface area contributed by atoms with Crippen LogP contribution in [-0.2, 0) is 4.79 Å². The summed E-state index contributed by atoms with van der Waals surface area (Å²) in [6, 6.07) is 21.6. The Morgan fingerprint density at radius 3 is 2.24 bits per heavy atom.